The highest BCUT2D eigenvalue weighted by Crippen LogP contribution is 2.13. The number of aromatic amines is 1. The molecule has 0 bridgehead atoms. The summed E-state index contributed by atoms with van der Waals surface area (Å²) in [5.41, 5.74) is 0.929. The van der Waals surface area contributed by atoms with Crippen LogP contribution in [0.3, 0.4) is 0 Å². The first kappa shape index (κ1) is 8.89. The first-order valence-electron chi connectivity index (χ1n) is 4.27. The molecule has 0 saturated carbocycles. The van der Waals surface area contributed by atoms with Crippen molar-refractivity contribution >= 4 is 0 Å². The summed E-state index contributed by atoms with van der Waals surface area (Å²) in [6.07, 6.45) is 5.18. The Morgan fingerprint density at radius 1 is 1.57 bits per heavy atom. The van der Waals surface area contributed by atoms with Gasteiger partial charge in [-0.1, -0.05) is 0 Å². The SMILES string of the molecule is COCCn1cnnc1-c1cn[nH]c1. The molecular formula is C8H11N5O. The maximum atomic E-state index is 4.99. The highest BCUT2D eigenvalue weighted by Gasteiger charge is 2.07. The summed E-state index contributed by atoms with van der Waals surface area (Å²) in [6.45, 7) is 1.38. The number of aromatic nitrogens is 5. The van der Waals surface area contributed by atoms with Crippen molar-refractivity contribution in [1.82, 2.24) is 25.0 Å². The van der Waals surface area contributed by atoms with E-state index < -0.39 is 0 Å². The van der Waals surface area contributed by atoms with E-state index in [1.165, 1.54) is 0 Å². The Morgan fingerprint density at radius 3 is 3.21 bits per heavy atom. The normalized spacial score (nSPS) is 10.6. The van der Waals surface area contributed by atoms with Crippen molar-refractivity contribution in [2.45, 2.75) is 6.54 Å². The van der Waals surface area contributed by atoms with Crippen LogP contribution in [0, 0.1) is 0 Å². The fraction of sp³-hybridized carbons (Fsp3) is 0.375. The van der Waals surface area contributed by atoms with E-state index in [4.69, 9.17) is 4.74 Å². The minimum atomic E-state index is 0.642. The predicted molar refractivity (Wildman–Crippen MR) is 49.5 cm³/mol. The van der Waals surface area contributed by atoms with Crippen LogP contribution in [-0.4, -0.2) is 38.7 Å². The molecule has 2 aromatic rings. The smallest absolute Gasteiger partial charge is 0.166 e. The molecule has 1 N–H and O–H groups in total. The number of H-pyrrole nitrogens is 1. The number of nitrogens with zero attached hydrogens (tertiary/aromatic N) is 4. The number of rotatable bonds is 4. The molecule has 2 aromatic heterocycles. The van der Waals surface area contributed by atoms with Gasteiger partial charge in [-0.15, -0.1) is 10.2 Å². The van der Waals surface area contributed by atoms with Crippen LogP contribution >= 0.6 is 0 Å². The number of ether oxygens (including phenoxy) is 1. The van der Waals surface area contributed by atoms with Gasteiger partial charge in [0, 0.05) is 19.9 Å². The van der Waals surface area contributed by atoms with Gasteiger partial charge in [-0.2, -0.15) is 5.10 Å². The molecule has 6 nitrogen and oxygen atoms in total. The van der Waals surface area contributed by atoms with E-state index in [1.807, 2.05) is 4.57 Å². The van der Waals surface area contributed by atoms with E-state index in [0.29, 0.717) is 6.61 Å². The van der Waals surface area contributed by atoms with Crippen LogP contribution in [0.5, 0.6) is 0 Å². The number of nitrogens with one attached hydrogen (secondary N) is 1. The van der Waals surface area contributed by atoms with Crippen molar-refractivity contribution in [2.24, 2.45) is 0 Å². The van der Waals surface area contributed by atoms with Gasteiger partial charge < -0.3 is 9.30 Å². The highest BCUT2D eigenvalue weighted by atomic mass is 16.5. The van der Waals surface area contributed by atoms with Crippen LogP contribution < -0.4 is 0 Å². The average Bonchev–Trinajstić information content (AvgIpc) is 2.84. The van der Waals surface area contributed by atoms with Gasteiger partial charge in [0.1, 0.15) is 6.33 Å². The van der Waals surface area contributed by atoms with Crippen molar-refractivity contribution in [2.75, 3.05) is 13.7 Å². The Hall–Kier alpha value is -1.69. The van der Waals surface area contributed by atoms with E-state index in [1.54, 1.807) is 25.8 Å². The molecule has 0 spiro atoms. The Bertz CT molecular complexity index is 380. The molecule has 74 valence electrons. The molecule has 2 rings (SSSR count). The monoisotopic (exact) mass is 193 g/mol. The first-order valence-corrected chi connectivity index (χ1v) is 4.27. The second-order valence-electron chi connectivity index (χ2n) is 2.83. The molecule has 0 aliphatic rings. The molecule has 0 atom stereocenters. The third kappa shape index (κ3) is 1.64. The first-order chi connectivity index (χ1) is 6.92. The molecule has 0 unspecified atom stereocenters. The fourth-order valence-electron chi connectivity index (χ4n) is 1.20. The summed E-state index contributed by atoms with van der Waals surface area (Å²) in [6, 6.07) is 0. The average molecular weight is 193 g/mol. The van der Waals surface area contributed by atoms with Crippen molar-refractivity contribution in [3.8, 4) is 11.4 Å². The molecule has 0 fully saturated rings. The molecule has 2 heterocycles. The maximum Gasteiger partial charge on any atom is 0.166 e. The van der Waals surface area contributed by atoms with Gasteiger partial charge in [-0.25, -0.2) is 0 Å². The summed E-state index contributed by atoms with van der Waals surface area (Å²) in [5, 5.41) is 14.5. The zero-order chi connectivity index (χ0) is 9.80. The summed E-state index contributed by atoms with van der Waals surface area (Å²) >= 11 is 0. The van der Waals surface area contributed by atoms with Crippen molar-refractivity contribution in [1.29, 1.82) is 0 Å². The molecule has 0 aliphatic heterocycles. The second-order valence-corrected chi connectivity index (χ2v) is 2.83. The lowest BCUT2D eigenvalue weighted by atomic mass is 10.3. The lowest BCUT2D eigenvalue weighted by Gasteiger charge is -2.02. The molecule has 0 aliphatic carbocycles. The van der Waals surface area contributed by atoms with Crippen LogP contribution in [0.15, 0.2) is 18.7 Å². The van der Waals surface area contributed by atoms with Crippen LogP contribution in [0.4, 0.5) is 0 Å². The second kappa shape index (κ2) is 4.01. The lowest BCUT2D eigenvalue weighted by molar-refractivity contribution is 0.187. The molecule has 6 heteroatoms. The van der Waals surface area contributed by atoms with Gasteiger partial charge in [-0.3, -0.25) is 5.10 Å². The lowest BCUT2D eigenvalue weighted by Crippen LogP contribution is -2.04. The van der Waals surface area contributed by atoms with Crippen molar-refractivity contribution in [3.63, 3.8) is 0 Å². The van der Waals surface area contributed by atoms with Crippen LogP contribution in [0.2, 0.25) is 0 Å². The van der Waals surface area contributed by atoms with Crippen molar-refractivity contribution < 1.29 is 4.74 Å². The quantitative estimate of drug-likeness (QED) is 0.759. The molecule has 0 saturated heterocycles. The minimum Gasteiger partial charge on any atom is -0.383 e. The van der Waals surface area contributed by atoms with Gasteiger partial charge in [-0.05, 0) is 0 Å². The summed E-state index contributed by atoms with van der Waals surface area (Å²) < 4.78 is 6.91. The summed E-state index contributed by atoms with van der Waals surface area (Å²) in [4.78, 5) is 0. The Morgan fingerprint density at radius 2 is 2.50 bits per heavy atom. The fourth-order valence-corrected chi connectivity index (χ4v) is 1.20. The summed E-state index contributed by atoms with van der Waals surface area (Å²) in [5.74, 6) is 0.802. The Balaban J connectivity index is 2.22. The molecule has 0 radical (unpaired) electrons. The largest absolute Gasteiger partial charge is 0.383 e. The van der Waals surface area contributed by atoms with E-state index in [-0.39, 0.29) is 0 Å². The third-order valence-corrected chi connectivity index (χ3v) is 1.91. The highest BCUT2D eigenvalue weighted by molar-refractivity contribution is 5.51. The van der Waals surface area contributed by atoms with E-state index >= 15 is 0 Å². The van der Waals surface area contributed by atoms with Gasteiger partial charge in [0.2, 0.25) is 0 Å². The Labute approximate surface area is 80.9 Å². The topological polar surface area (TPSA) is 68.6 Å². The van der Waals surface area contributed by atoms with Crippen LogP contribution in [0.25, 0.3) is 11.4 Å². The molecule has 0 amide bonds. The van der Waals surface area contributed by atoms with Gasteiger partial charge in [0.25, 0.3) is 0 Å². The van der Waals surface area contributed by atoms with Crippen molar-refractivity contribution in [3.05, 3.63) is 18.7 Å². The standard InChI is InChI=1S/C8H11N5O/c1-14-3-2-13-6-11-12-8(13)7-4-9-10-5-7/h4-6H,2-3H2,1H3,(H,9,10). The molecule has 14 heavy (non-hydrogen) atoms. The van der Waals surface area contributed by atoms with E-state index in [0.717, 1.165) is 17.9 Å². The third-order valence-electron chi connectivity index (χ3n) is 1.91. The number of methoxy groups -OCH3 is 1. The van der Waals surface area contributed by atoms with E-state index in [2.05, 4.69) is 20.4 Å². The predicted octanol–water partition coefficient (Wildman–Crippen LogP) is 0.315. The maximum absolute atomic E-state index is 4.99. The minimum absolute atomic E-state index is 0.642. The van der Waals surface area contributed by atoms with Gasteiger partial charge >= 0.3 is 0 Å². The number of hydrogen-bond donors (Lipinski definition) is 1. The zero-order valence-electron chi connectivity index (χ0n) is 7.84. The van der Waals surface area contributed by atoms with Crippen LogP contribution in [0.1, 0.15) is 0 Å². The zero-order valence-corrected chi connectivity index (χ0v) is 7.84. The van der Waals surface area contributed by atoms with Gasteiger partial charge in [0.05, 0.1) is 18.4 Å². The Kier molecular flexibility index (Phi) is 2.55. The summed E-state index contributed by atoms with van der Waals surface area (Å²) in [7, 11) is 1.67. The van der Waals surface area contributed by atoms with Gasteiger partial charge in [0.15, 0.2) is 5.82 Å². The van der Waals surface area contributed by atoms with E-state index in [9.17, 15) is 0 Å². The number of hydrogen-bond acceptors (Lipinski definition) is 4. The molecular weight excluding hydrogens is 182 g/mol. The molecule has 0 aromatic carbocycles. The van der Waals surface area contributed by atoms with Crippen LogP contribution in [-0.2, 0) is 11.3 Å².